The molecule has 1 aliphatic heterocycles. The molecule has 0 saturated heterocycles. The van der Waals surface area contributed by atoms with Gasteiger partial charge in [0.1, 0.15) is 17.4 Å². The Hall–Kier alpha value is -2.68. The predicted octanol–water partition coefficient (Wildman–Crippen LogP) is 6.13. The molecule has 3 aromatic carbocycles. The molecule has 10 heteroatoms. The van der Waals surface area contributed by atoms with Gasteiger partial charge in [-0.25, -0.2) is 8.78 Å². The van der Waals surface area contributed by atoms with Crippen LogP contribution in [0, 0.1) is 11.6 Å². The van der Waals surface area contributed by atoms with E-state index < -0.39 is 29.5 Å². The third-order valence-electron chi connectivity index (χ3n) is 4.93. The molecule has 0 saturated carbocycles. The van der Waals surface area contributed by atoms with Crippen molar-refractivity contribution in [3.8, 4) is 5.75 Å². The van der Waals surface area contributed by atoms with Gasteiger partial charge in [-0.2, -0.15) is 0 Å². The van der Waals surface area contributed by atoms with E-state index in [0.29, 0.717) is 15.6 Å². The van der Waals surface area contributed by atoms with E-state index >= 15 is 0 Å². The van der Waals surface area contributed by atoms with Crippen molar-refractivity contribution in [2.24, 2.45) is 0 Å². The number of benzene rings is 3. The first-order chi connectivity index (χ1) is 15.2. The van der Waals surface area contributed by atoms with Gasteiger partial charge in [-0.3, -0.25) is 9.59 Å². The Morgan fingerprint density at radius 3 is 2.56 bits per heavy atom. The molecule has 2 amide bonds. The van der Waals surface area contributed by atoms with Gasteiger partial charge in [-0.05, 0) is 42.5 Å². The van der Waals surface area contributed by atoms with E-state index in [1.54, 1.807) is 12.1 Å². The van der Waals surface area contributed by atoms with Crippen LogP contribution in [0.25, 0.3) is 0 Å². The zero-order valence-corrected chi connectivity index (χ0v) is 19.3. The van der Waals surface area contributed by atoms with Gasteiger partial charge in [0, 0.05) is 31.9 Å². The maximum absolute atomic E-state index is 13.9. The van der Waals surface area contributed by atoms with Crippen molar-refractivity contribution in [2.75, 3.05) is 12.4 Å². The minimum atomic E-state index is -0.818. The molecular formula is C22H13BrCl2F2N2O3. The highest BCUT2D eigenvalue weighted by Crippen LogP contribution is 2.41. The highest BCUT2D eigenvalue weighted by Gasteiger charge is 2.35. The number of ether oxygens (including phenoxy) is 1. The molecule has 0 spiro atoms. The number of nitrogens with one attached hydrogen (secondary N) is 2. The number of hydrogen-bond donors (Lipinski definition) is 2. The van der Waals surface area contributed by atoms with Crippen LogP contribution in [-0.4, -0.2) is 18.9 Å². The van der Waals surface area contributed by atoms with Gasteiger partial charge >= 0.3 is 0 Å². The lowest BCUT2D eigenvalue weighted by molar-refractivity contribution is 0.0959. The second-order valence-electron chi connectivity index (χ2n) is 6.91. The van der Waals surface area contributed by atoms with E-state index in [9.17, 15) is 18.4 Å². The summed E-state index contributed by atoms with van der Waals surface area (Å²) in [5, 5.41) is 5.61. The fourth-order valence-electron chi connectivity index (χ4n) is 3.60. The molecule has 1 unspecified atom stereocenters. The lowest BCUT2D eigenvalue weighted by Gasteiger charge is -2.19. The molecule has 5 nitrogen and oxygen atoms in total. The van der Waals surface area contributed by atoms with Gasteiger partial charge in [0.2, 0.25) is 0 Å². The van der Waals surface area contributed by atoms with E-state index in [-0.39, 0.29) is 32.6 Å². The summed E-state index contributed by atoms with van der Waals surface area (Å²) in [4.78, 5) is 25.7. The monoisotopic (exact) mass is 540 g/mol. The molecule has 32 heavy (non-hydrogen) atoms. The maximum atomic E-state index is 13.9. The Morgan fingerprint density at radius 2 is 1.84 bits per heavy atom. The first kappa shape index (κ1) is 22.5. The van der Waals surface area contributed by atoms with E-state index in [1.165, 1.54) is 25.3 Å². The number of amides is 2. The summed E-state index contributed by atoms with van der Waals surface area (Å²) in [7, 11) is 1.30. The SMILES string of the molecule is COc1c(Cl)cc(F)cc1C(=O)Nc1cc(Br)cc2c1C(c1cc(F)ccc1Cl)NC2=O. The highest BCUT2D eigenvalue weighted by molar-refractivity contribution is 9.10. The maximum Gasteiger partial charge on any atom is 0.259 e. The van der Waals surface area contributed by atoms with Crippen LogP contribution in [0.2, 0.25) is 10.0 Å². The normalized spacial score (nSPS) is 14.7. The van der Waals surface area contributed by atoms with Crippen LogP contribution in [0.1, 0.15) is 37.9 Å². The number of fused-ring (bicyclic) bond motifs is 1. The molecule has 4 rings (SSSR count). The van der Waals surface area contributed by atoms with Crippen molar-refractivity contribution in [2.45, 2.75) is 6.04 Å². The summed E-state index contributed by atoms with van der Waals surface area (Å²) in [5.74, 6) is -2.40. The van der Waals surface area contributed by atoms with E-state index in [1.807, 2.05) is 0 Å². The van der Waals surface area contributed by atoms with Crippen LogP contribution >= 0.6 is 39.1 Å². The molecule has 0 fully saturated rings. The molecule has 3 aromatic rings. The van der Waals surface area contributed by atoms with Crippen molar-refractivity contribution < 1.29 is 23.1 Å². The molecule has 1 heterocycles. The van der Waals surface area contributed by atoms with Gasteiger partial charge in [0.15, 0.2) is 0 Å². The van der Waals surface area contributed by atoms with Gasteiger partial charge in [0.05, 0.1) is 23.7 Å². The standard InChI is InChI=1S/C22H13BrCl2F2N2O3/c1-32-20-14(7-11(27)8-16(20)25)22(31)28-17-5-9(23)4-13-18(17)19(29-21(13)30)12-6-10(26)2-3-15(12)24/h2-8,19H,1H3,(H,28,31)(H,29,30). The van der Waals surface area contributed by atoms with Crippen LogP contribution in [-0.2, 0) is 0 Å². The topological polar surface area (TPSA) is 67.4 Å². The Kier molecular flexibility index (Phi) is 6.11. The second kappa shape index (κ2) is 8.69. The molecule has 0 aromatic heterocycles. The van der Waals surface area contributed by atoms with Gasteiger partial charge < -0.3 is 15.4 Å². The van der Waals surface area contributed by atoms with Crippen molar-refractivity contribution in [1.82, 2.24) is 5.32 Å². The van der Waals surface area contributed by atoms with Crippen molar-refractivity contribution in [3.63, 3.8) is 0 Å². The van der Waals surface area contributed by atoms with Gasteiger partial charge in [0.25, 0.3) is 11.8 Å². The Balaban J connectivity index is 1.83. The zero-order chi connectivity index (χ0) is 23.2. The molecule has 1 atom stereocenters. The van der Waals surface area contributed by atoms with Gasteiger partial charge in [-0.1, -0.05) is 39.1 Å². The van der Waals surface area contributed by atoms with E-state index in [2.05, 4.69) is 26.6 Å². The molecule has 1 aliphatic rings. The van der Waals surface area contributed by atoms with Crippen molar-refractivity contribution in [1.29, 1.82) is 0 Å². The van der Waals surface area contributed by atoms with Crippen LogP contribution in [0.4, 0.5) is 14.5 Å². The minimum Gasteiger partial charge on any atom is -0.494 e. The first-order valence-corrected chi connectivity index (χ1v) is 10.7. The second-order valence-corrected chi connectivity index (χ2v) is 8.64. The van der Waals surface area contributed by atoms with Crippen LogP contribution in [0.3, 0.4) is 0 Å². The number of carbonyl (C=O) groups is 2. The van der Waals surface area contributed by atoms with Crippen LogP contribution in [0.15, 0.2) is 46.9 Å². The Labute approximate surface area is 199 Å². The molecule has 0 bridgehead atoms. The molecule has 0 radical (unpaired) electrons. The van der Waals surface area contributed by atoms with Crippen molar-refractivity contribution in [3.05, 3.63) is 90.9 Å². The van der Waals surface area contributed by atoms with Crippen molar-refractivity contribution >= 4 is 56.6 Å². The Bertz CT molecular complexity index is 1290. The first-order valence-electron chi connectivity index (χ1n) is 9.13. The lowest BCUT2D eigenvalue weighted by Crippen LogP contribution is -2.21. The average molecular weight is 542 g/mol. The predicted molar refractivity (Wildman–Crippen MR) is 121 cm³/mol. The molecule has 164 valence electrons. The van der Waals surface area contributed by atoms with Gasteiger partial charge in [-0.15, -0.1) is 0 Å². The molecule has 0 aliphatic carbocycles. The Morgan fingerprint density at radius 1 is 1.09 bits per heavy atom. The summed E-state index contributed by atoms with van der Waals surface area (Å²) < 4.78 is 33.5. The third kappa shape index (κ3) is 4.05. The lowest BCUT2D eigenvalue weighted by atomic mass is 9.96. The number of rotatable bonds is 4. The number of anilines is 1. The molecular weight excluding hydrogens is 529 g/mol. The average Bonchev–Trinajstić information content (AvgIpc) is 3.05. The number of methoxy groups -OCH3 is 1. The van der Waals surface area contributed by atoms with Crippen LogP contribution in [0.5, 0.6) is 5.75 Å². The molecule has 2 N–H and O–H groups in total. The summed E-state index contributed by atoms with van der Waals surface area (Å²) in [6.07, 6.45) is 0. The highest BCUT2D eigenvalue weighted by atomic mass is 79.9. The summed E-state index contributed by atoms with van der Waals surface area (Å²) in [6, 6.07) is 8.15. The smallest absolute Gasteiger partial charge is 0.259 e. The quantitative estimate of drug-likeness (QED) is 0.417. The fraction of sp³-hybridized carbons (Fsp3) is 0.0909. The minimum absolute atomic E-state index is 0.00358. The summed E-state index contributed by atoms with van der Waals surface area (Å²) in [5.41, 5.74) is 1.09. The third-order valence-corrected chi connectivity index (χ3v) is 6.01. The number of carbonyl (C=O) groups excluding carboxylic acids is 2. The zero-order valence-electron chi connectivity index (χ0n) is 16.2. The van der Waals surface area contributed by atoms with E-state index in [4.69, 9.17) is 27.9 Å². The summed E-state index contributed by atoms with van der Waals surface area (Å²) >= 11 is 15.6. The van der Waals surface area contributed by atoms with E-state index in [0.717, 1.165) is 12.1 Å². The number of hydrogen-bond acceptors (Lipinski definition) is 3. The largest absolute Gasteiger partial charge is 0.494 e. The summed E-state index contributed by atoms with van der Waals surface area (Å²) in [6.45, 7) is 0. The van der Waals surface area contributed by atoms with Crippen LogP contribution < -0.4 is 15.4 Å². The fourth-order valence-corrected chi connectivity index (χ4v) is 4.56. The number of halogens is 5.